The Hall–Kier alpha value is -4.37. The number of ether oxygens (including phenoxy) is 2. The van der Waals surface area contributed by atoms with Crippen molar-refractivity contribution in [3.05, 3.63) is 83.9 Å². The van der Waals surface area contributed by atoms with E-state index in [0.29, 0.717) is 28.4 Å². The van der Waals surface area contributed by atoms with E-state index in [4.69, 9.17) is 9.47 Å². The molecule has 0 aliphatic carbocycles. The van der Waals surface area contributed by atoms with E-state index in [2.05, 4.69) is 16.0 Å². The van der Waals surface area contributed by atoms with Gasteiger partial charge >= 0.3 is 6.03 Å². The van der Waals surface area contributed by atoms with Crippen LogP contribution in [-0.2, 0) is 4.79 Å². The minimum Gasteiger partial charge on any atom is -0.454 e. The molecule has 0 bridgehead atoms. The van der Waals surface area contributed by atoms with Crippen LogP contribution in [0.5, 0.6) is 11.5 Å². The SMILES string of the molecule is C[C@H](c1cccc(NC(=O)c2ccccc2)c1)N(C)CC(=O)NC(=O)Nc1ccc2c(c1)OCO2. The number of fused-ring (bicyclic) bond motifs is 1. The Kier molecular flexibility index (Phi) is 7.27. The van der Waals surface area contributed by atoms with Gasteiger partial charge in [-0.1, -0.05) is 30.3 Å². The van der Waals surface area contributed by atoms with Gasteiger partial charge in [-0.05, 0) is 55.9 Å². The summed E-state index contributed by atoms with van der Waals surface area (Å²) in [6, 6.07) is 20.6. The van der Waals surface area contributed by atoms with Crippen LogP contribution in [0, 0.1) is 0 Å². The molecule has 3 aromatic rings. The fraction of sp³-hybridized carbons (Fsp3) is 0.192. The van der Waals surface area contributed by atoms with E-state index in [9.17, 15) is 14.4 Å². The Labute approximate surface area is 203 Å². The summed E-state index contributed by atoms with van der Waals surface area (Å²) in [5.74, 6) is 0.485. The third kappa shape index (κ3) is 6.15. The van der Waals surface area contributed by atoms with Crippen LogP contribution >= 0.6 is 0 Å². The van der Waals surface area contributed by atoms with Crippen LogP contribution in [-0.4, -0.2) is 43.1 Å². The second kappa shape index (κ2) is 10.7. The largest absolute Gasteiger partial charge is 0.454 e. The average Bonchev–Trinajstić information content (AvgIpc) is 3.32. The standard InChI is InChI=1S/C26H26N4O5/c1-17(19-9-6-10-20(13-19)27-25(32)18-7-4-3-5-8-18)30(2)15-24(31)29-26(33)28-21-11-12-22-23(14-21)35-16-34-22/h3-14,17H,15-16H2,1-2H3,(H,27,32)(H2,28,29,31,33)/t17-/m1/s1. The van der Waals surface area contributed by atoms with Crippen LogP contribution < -0.4 is 25.4 Å². The van der Waals surface area contributed by atoms with E-state index in [1.54, 1.807) is 42.3 Å². The lowest BCUT2D eigenvalue weighted by Gasteiger charge is -2.24. The molecule has 4 rings (SSSR count). The van der Waals surface area contributed by atoms with Gasteiger partial charge in [0.05, 0.1) is 6.54 Å². The average molecular weight is 475 g/mol. The molecule has 0 fully saturated rings. The highest BCUT2D eigenvalue weighted by Gasteiger charge is 2.18. The first-order valence-corrected chi connectivity index (χ1v) is 11.1. The molecule has 1 heterocycles. The minimum atomic E-state index is -0.638. The zero-order valence-electron chi connectivity index (χ0n) is 19.4. The summed E-state index contributed by atoms with van der Waals surface area (Å²) in [4.78, 5) is 38.9. The Morgan fingerprint density at radius 3 is 2.43 bits per heavy atom. The number of amides is 4. The number of rotatable bonds is 7. The first-order chi connectivity index (χ1) is 16.9. The molecular weight excluding hydrogens is 448 g/mol. The van der Waals surface area contributed by atoms with Gasteiger partial charge in [0.15, 0.2) is 11.5 Å². The van der Waals surface area contributed by atoms with Gasteiger partial charge in [-0.3, -0.25) is 19.8 Å². The lowest BCUT2D eigenvalue weighted by atomic mass is 10.1. The molecular formula is C26H26N4O5. The fourth-order valence-electron chi connectivity index (χ4n) is 3.59. The van der Waals surface area contributed by atoms with E-state index >= 15 is 0 Å². The number of nitrogens with one attached hydrogen (secondary N) is 3. The van der Waals surface area contributed by atoms with Crippen molar-refractivity contribution in [1.29, 1.82) is 0 Å². The molecule has 0 saturated carbocycles. The lowest BCUT2D eigenvalue weighted by Crippen LogP contribution is -2.41. The maximum absolute atomic E-state index is 12.4. The van der Waals surface area contributed by atoms with Crippen LogP contribution in [0.3, 0.4) is 0 Å². The topological polar surface area (TPSA) is 109 Å². The van der Waals surface area contributed by atoms with E-state index < -0.39 is 11.9 Å². The third-order valence-electron chi connectivity index (χ3n) is 5.60. The molecule has 4 amide bonds. The van der Waals surface area contributed by atoms with Gasteiger partial charge < -0.3 is 20.1 Å². The monoisotopic (exact) mass is 474 g/mol. The van der Waals surface area contributed by atoms with Gasteiger partial charge in [-0.15, -0.1) is 0 Å². The van der Waals surface area contributed by atoms with Crippen LogP contribution in [0.2, 0.25) is 0 Å². The zero-order valence-corrected chi connectivity index (χ0v) is 19.4. The second-order valence-corrected chi connectivity index (χ2v) is 8.11. The summed E-state index contributed by atoms with van der Waals surface area (Å²) < 4.78 is 10.5. The maximum Gasteiger partial charge on any atom is 0.325 e. The second-order valence-electron chi connectivity index (χ2n) is 8.11. The minimum absolute atomic E-state index is 0.00364. The number of hydrogen-bond donors (Lipinski definition) is 3. The van der Waals surface area contributed by atoms with Crippen LogP contribution in [0.4, 0.5) is 16.2 Å². The predicted octanol–water partition coefficient (Wildman–Crippen LogP) is 4.01. The number of anilines is 2. The molecule has 9 nitrogen and oxygen atoms in total. The first-order valence-electron chi connectivity index (χ1n) is 11.1. The van der Waals surface area contributed by atoms with Gasteiger partial charge in [0.25, 0.3) is 5.91 Å². The van der Waals surface area contributed by atoms with Gasteiger partial charge in [-0.2, -0.15) is 0 Å². The van der Waals surface area contributed by atoms with Crippen LogP contribution in [0.15, 0.2) is 72.8 Å². The maximum atomic E-state index is 12.4. The molecule has 3 aromatic carbocycles. The highest BCUT2D eigenvalue weighted by molar-refractivity contribution is 6.04. The number of benzene rings is 3. The molecule has 35 heavy (non-hydrogen) atoms. The lowest BCUT2D eigenvalue weighted by molar-refractivity contribution is -0.121. The van der Waals surface area contributed by atoms with Crippen LogP contribution in [0.25, 0.3) is 0 Å². The molecule has 1 aliphatic rings. The van der Waals surface area contributed by atoms with Crippen molar-refractivity contribution >= 4 is 29.2 Å². The molecule has 0 saturated heterocycles. The Bertz CT molecular complexity index is 1230. The molecule has 180 valence electrons. The number of hydrogen-bond acceptors (Lipinski definition) is 6. The Morgan fingerprint density at radius 1 is 0.886 bits per heavy atom. The van der Waals surface area contributed by atoms with Gasteiger partial charge in [-0.25, -0.2) is 4.79 Å². The summed E-state index contributed by atoms with van der Waals surface area (Å²) in [7, 11) is 1.79. The molecule has 0 unspecified atom stereocenters. The molecule has 9 heteroatoms. The first kappa shape index (κ1) is 23.8. The summed E-state index contributed by atoms with van der Waals surface area (Å²) >= 11 is 0. The molecule has 0 aromatic heterocycles. The number of carbonyl (C=O) groups excluding carboxylic acids is 3. The number of imide groups is 1. The summed E-state index contributed by atoms with van der Waals surface area (Å²) in [5.41, 5.74) is 2.62. The smallest absolute Gasteiger partial charge is 0.325 e. The molecule has 3 N–H and O–H groups in total. The van der Waals surface area contributed by atoms with Crippen molar-refractivity contribution in [2.75, 3.05) is 31.0 Å². The van der Waals surface area contributed by atoms with E-state index in [0.717, 1.165) is 5.56 Å². The Balaban J connectivity index is 1.30. The van der Waals surface area contributed by atoms with Crippen molar-refractivity contribution in [2.45, 2.75) is 13.0 Å². The van der Waals surface area contributed by atoms with Crippen molar-refractivity contribution in [2.24, 2.45) is 0 Å². The quantitative estimate of drug-likeness (QED) is 0.478. The van der Waals surface area contributed by atoms with Crippen molar-refractivity contribution in [3.8, 4) is 11.5 Å². The van der Waals surface area contributed by atoms with Crippen molar-refractivity contribution in [3.63, 3.8) is 0 Å². The summed E-state index contributed by atoms with van der Waals surface area (Å²) in [6.07, 6.45) is 0. The molecule has 0 radical (unpaired) electrons. The van der Waals surface area contributed by atoms with E-state index in [-0.39, 0.29) is 25.3 Å². The predicted molar refractivity (Wildman–Crippen MR) is 132 cm³/mol. The normalized spacial score (nSPS) is 12.7. The number of carbonyl (C=O) groups is 3. The molecule has 0 spiro atoms. The molecule has 1 atom stereocenters. The highest BCUT2D eigenvalue weighted by Crippen LogP contribution is 2.34. The summed E-state index contributed by atoms with van der Waals surface area (Å²) in [5, 5.41) is 7.83. The van der Waals surface area contributed by atoms with Gasteiger partial charge in [0.2, 0.25) is 12.7 Å². The zero-order chi connectivity index (χ0) is 24.8. The fourth-order valence-corrected chi connectivity index (χ4v) is 3.59. The van der Waals surface area contributed by atoms with E-state index in [1.807, 2.05) is 49.4 Å². The van der Waals surface area contributed by atoms with Gasteiger partial charge in [0, 0.05) is 29.0 Å². The van der Waals surface area contributed by atoms with Crippen molar-refractivity contribution < 1.29 is 23.9 Å². The third-order valence-corrected chi connectivity index (χ3v) is 5.60. The molecule has 1 aliphatic heterocycles. The number of likely N-dealkylation sites (N-methyl/N-ethyl adjacent to an activating group) is 1. The van der Waals surface area contributed by atoms with Gasteiger partial charge in [0.1, 0.15) is 0 Å². The highest BCUT2D eigenvalue weighted by atomic mass is 16.7. The van der Waals surface area contributed by atoms with Crippen LogP contribution in [0.1, 0.15) is 28.9 Å². The number of urea groups is 1. The number of nitrogens with zero attached hydrogens (tertiary/aromatic N) is 1. The van der Waals surface area contributed by atoms with Crippen molar-refractivity contribution in [1.82, 2.24) is 10.2 Å². The summed E-state index contributed by atoms with van der Waals surface area (Å²) in [6.45, 7) is 2.07. The van der Waals surface area contributed by atoms with E-state index in [1.165, 1.54) is 0 Å². The Morgan fingerprint density at radius 2 is 1.63 bits per heavy atom.